The van der Waals surface area contributed by atoms with Crippen LogP contribution in [-0.2, 0) is 6.42 Å². The van der Waals surface area contributed by atoms with Gasteiger partial charge in [0.15, 0.2) is 11.6 Å². The molecule has 0 unspecified atom stereocenters. The minimum absolute atomic E-state index is 0. The Morgan fingerprint density at radius 3 is 2.57 bits per heavy atom. The molecule has 5 heteroatoms. The summed E-state index contributed by atoms with van der Waals surface area (Å²) in [6.07, 6.45) is 0.513. The number of benzene rings is 1. The van der Waals surface area contributed by atoms with Gasteiger partial charge in [-0.05, 0) is 18.1 Å². The highest BCUT2D eigenvalue weighted by atomic mass is 35.5. The van der Waals surface area contributed by atoms with E-state index in [1.807, 2.05) is 0 Å². The third-order valence-corrected chi connectivity index (χ3v) is 1.70. The summed E-state index contributed by atoms with van der Waals surface area (Å²) in [5.74, 6) is -1.73. The number of nitrogens with one attached hydrogen (secondary N) is 1. The zero-order chi connectivity index (χ0) is 9.84. The summed E-state index contributed by atoms with van der Waals surface area (Å²) in [4.78, 5) is 0. The van der Waals surface area contributed by atoms with Crippen molar-refractivity contribution in [2.45, 2.75) is 12.8 Å². The van der Waals surface area contributed by atoms with Crippen molar-refractivity contribution in [2.75, 3.05) is 0 Å². The molecule has 0 aliphatic carbocycles. The molecule has 0 saturated heterocycles. The van der Waals surface area contributed by atoms with Gasteiger partial charge in [-0.15, -0.1) is 12.4 Å². The van der Waals surface area contributed by atoms with Crippen molar-refractivity contribution in [1.29, 1.82) is 5.41 Å². The second-order valence-electron chi connectivity index (χ2n) is 2.74. The molecule has 0 radical (unpaired) electrons. The Labute approximate surface area is 87.0 Å². The lowest BCUT2D eigenvalue weighted by atomic mass is 10.1. The number of halogens is 3. The Hall–Kier alpha value is -1.16. The van der Waals surface area contributed by atoms with Crippen LogP contribution < -0.4 is 5.73 Å². The largest absolute Gasteiger partial charge is 0.388 e. The van der Waals surface area contributed by atoms with Gasteiger partial charge >= 0.3 is 0 Å². The van der Waals surface area contributed by atoms with Gasteiger partial charge < -0.3 is 5.73 Å². The van der Waals surface area contributed by atoms with Crippen molar-refractivity contribution < 1.29 is 8.78 Å². The lowest BCUT2D eigenvalue weighted by molar-refractivity contribution is 0.499. The quantitative estimate of drug-likeness (QED) is 0.596. The number of rotatable bonds is 3. The van der Waals surface area contributed by atoms with Gasteiger partial charge in [0, 0.05) is 6.42 Å². The Bertz CT molecular complexity index is 329. The molecule has 78 valence electrons. The maximum atomic E-state index is 13.0. The molecule has 0 fully saturated rings. The molecule has 0 saturated carbocycles. The van der Waals surface area contributed by atoms with Gasteiger partial charge in [-0.3, -0.25) is 5.41 Å². The molecule has 0 spiro atoms. The molecule has 2 nitrogen and oxygen atoms in total. The highest BCUT2D eigenvalue weighted by Crippen LogP contribution is 2.12. The number of nitrogens with two attached hydrogens (primary N) is 1. The van der Waals surface area contributed by atoms with Crippen molar-refractivity contribution >= 4 is 18.2 Å². The van der Waals surface area contributed by atoms with Crippen molar-refractivity contribution in [1.82, 2.24) is 0 Å². The second kappa shape index (κ2) is 5.54. The SMILES string of the molecule is Cl.N=C(N)CCc1cccc(F)c1F. The van der Waals surface area contributed by atoms with Gasteiger partial charge in [0.25, 0.3) is 0 Å². The van der Waals surface area contributed by atoms with E-state index in [9.17, 15) is 8.78 Å². The predicted molar refractivity (Wildman–Crippen MR) is 53.8 cm³/mol. The van der Waals surface area contributed by atoms with E-state index in [1.165, 1.54) is 12.1 Å². The molecule has 0 aromatic heterocycles. The van der Waals surface area contributed by atoms with Gasteiger partial charge in [0.2, 0.25) is 0 Å². The van der Waals surface area contributed by atoms with Crippen LogP contribution in [0, 0.1) is 17.0 Å². The van der Waals surface area contributed by atoms with Crippen LogP contribution in [0.15, 0.2) is 18.2 Å². The molecule has 0 bridgehead atoms. The first-order valence-corrected chi connectivity index (χ1v) is 3.87. The summed E-state index contributed by atoms with van der Waals surface area (Å²) >= 11 is 0. The van der Waals surface area contributed by atoms with Gasteiger partial charge in [-0.1, -0.05) is 12.1 Å². The third-order valence-electron chi connectivity index (χ3n) is 1.70. The smallest absolute Gasteiger partial charge is 0.162 e. The zero-order valence-electron chi connectivity index (χ0n) is 7.39. The van der Waals surface area contributed by atoms with E-state index in [2.05, 4.69) is 0 Å². The molecule has 0 atom stereocenters. The first-order chi connectivity index (χ1) is 6.11. The Balaban J connectivity index is 0.00000169. The van der Waals surface area contributed by atoms with Crippen LogP contribution in [0.3, 0.4) is 0 Å². The number of hydrogen-bond acceptors (Lipinski definition) is 1. The molecule has 0 aliphatic heterocycles. The summed E-state index contributed by atoms with van der Waals surface area (Å²) in [7, 11) is 0. The van der Waals surface area contributed by atoms with Gasteiger partial charge in [0.05, 0.1) is 5.84 Å². The molecule has 1 aromatic carbocycles. The summed E-state index contributed by atoms with van der Waals surface area (Å²) < 4.78 is 25.6. The second-order valence-corrected chi connectivity index (χ2v) is 2.74. The summed E-state index contributed by atoms with van der Waals surface area (Å²) in [6.45, 7) is 0. The van der Waals surface area contributed by atoms with Crippen LogP contribution >= 0.6 is 12.4 Å². The van der Waals surface area contributed by atoms with Crippen molar-refractivity contribution in [2.24, 2.45) is 5.73 Å². The summed E-state index contributed by atoms with van der Waals surface area (Å²) in [5.41, 5.74) is 5.35. The van der Waals surface area contributed by atoms with E-state index in [0.29, 0.717) is 0 Å². The lowest BCUT2D eigenvalue weighted by Gasteiger charge is -2.02. The molecule has 14 heavy (non-hydrogen) atoms. The Morgan fingerprint density at radius 1 is 1.36 bits per heavy atom. The predicted octanol–water partition coefficient (Wildman–Crippen LogP) is 2.26. The molecule has 0 aliphatic rings. The van der Waals surface area contributed by atoms with Gasteiger partial charge in [0.1, 0.15) is 0 Å². The van der Waals surface area contributed by atoms with Gasteiger partial charge in [-0.25, -0.2) is 8.78 Å². The molecule has 0 amide bonds. The maximum Gasteiger partial charge on any atom is 0.162 e. The third kappa shape index (κ3) is 3.30. The van der Waals surface area contributed by atoms with E-state index < -0.39 is 11.6 Å². The average Bonchev–Trinajstić information content (AvgIpc) is 2.07. The topological polar surface area (TPSA) is 49.9 Å². The molecular weight excluding hydrogens is 210 g/mol. The van der Waals surface area contributed by atoms with E-state index >= 15 is 0 Å². The zero-order valence-corrected chi connectivity index (χ0v) is 8.20. The fraction of sp³-hybridized carbons (Fsp3) is 0.222. The Morgan fingerprint density at radius 2 is 2.00 bits per heavy atom. The van der Waals surface area contributed by atoms with Crippen LogP contribution in [0.1, 0.15) is 12.0 Å². The lowest BCUT2D eigenvalue weighted by Crippen LogP contribution is -2.10. The average molecular weight is 221 g/mol. The molecule has 1 rings (SSSR count). The fourth-order valence-corrected chi connectivity index (χ4v) is 1.01. The van der Waals surface area contributed by atoms with Crippen LogP contribution in [0.5, 0.6) is 0 Å². The molecule has 0 heterocycles. The van der Waals surface area contributed by atoms with E-state index in [-0.39, 0.29) is 36.6 Å². The fourth-order valence-electron chi connectivity index (χ4n) is 1.01. The Kier molecular flexibility index (Phi) is 5.09. The minimum Gasteiger partial charge on any atom is -0.388 e. The highest BCUT2D eigenvalue weighted by molar-refractivity contribution is 5.85. The van der Waals surface area contributed by atoms with Gasteiger partial charge in [-0.2, -0.15) is 0 Å². The normalized spacial score (nSPS) is 9.29. The number of aryl methyl sites for hydroxylation is 1. The van der Waals surface area contributed by atoms with E-state index in [0.717, 1.165) is 6.07 Å². The summed E-state index contributed by atoms with van der Waals surface area (Å²) in [6, 6.07) is 3.99. The maximum absolute atomic E-state index is 13.0. The van der Waals surface area contributed by atoms with Crippen molar-refractivity contribution in [3.8, 4) is 0 Å². The number of hydrogen-bond donors (Lipinski definition) is 2. The van der Waals surface area contributed by atoms with Crippen LogP contribution in [0.25, 0.3) is 0 Å². The molecule has 1 aromatic rings. The van der Waals surface area contributed by atoms with E-state index in [1.54, 1.807) is 0 Å². The standard InChI is InChI=1S/C9H10F2N2.ClH/c10-7-3-1-2-6(9(7)11)4-5-8(12)13;/h1-3H,4-5H2,(H3,12,13);1H. The monoisotopic (exact) mass is 220 g/mol. The first kappa shape index (κ1) is 12.8. The minimum atomic E-state index is -0.860. The van der Waals surface area contributed by atoms with Crippen LogP contribution in [-0.4, -0.2) is 5.84 Å². The molecular formula is C9H11ClF2N2. The van der Waals surface area contributed by atoms with Crippen molar-refractivity contribution in [3.63, 3.8) is 0 Å². The van der Waals surface area contributed by atoms with Crippen LogP contribution in [0.2, 0.25) is 0 Å². The van der Waals surface area contributed by atoms with E-state index in [4.69, 9.17) is 11.1 Å². The number of amidine groups is 1. The first-order valence-electron chi connectivity index (χ1n) is 3.87. The van der Waals surface area contributed by atoms with Crippen LogP contribution in [0.4, 0.5) is 8.78 Å². The highest BCUT2D eigenvalue weighted by Gasteiger charge is 2.06. The van der Waals surface area contributed by atoms with Crippen molar-refractivity contribution in [3.05, 3.63) is 35.4 Å². The summed E-state index contributed by atoms with van der Waals surface area (Å²) in [5, 5.41) is 6.93. The molecule has 3 N–H and O–H groups in total.